The minimum atomic E-state index is -0.576. The maximum Gasteiger partial charge on any atom is 0.409 e. The molecule has 0 aliphatic carbocycles. The second-order valence-electron chi connectivity index (χ2n) is 7.02. The molecule has 1 aromatic rings. The van der Waals surface area contributed by atoms with Crippen molar-refractivity contribution >= 4 is 12.0 Å². The number of piperidine rings is 1. The van der Waals surface area contributed by atoms with Crippen molar-refractivity contribution in [1.29, 1.82) is 0 Å². The van der Waals surface area contributed by atoms with Crippen molar-refractivity contribution in [3.05, 3.63) is 33.4 Å². The summed E-state index contributed by atoms with van der Waals surface area (Å²) in [5.74, 6) is 0.480. The fourth-order valence-electron chi connectivity index (χ4n) is 3.65. The highest BCUT2D eigenvalue weighted by molar-refractivity contribution is 5.95. The van der Waals surface area contributed by atoms with Gasteiger partial charge in [0.1, 0.15) is 11.3 Å². The lowest BCUT2D eigenvalue weighted by atomic mass is 9.95. The fraction of sp³-hybridized carbons (Fsp3) is 0.632. The van der Waals surface area contributed by atoms with Crippen molar-refractivity contribution in [2.24, 2.45) is 0 Å². The van der Waals surface area contributed by atoms with Gasteiger partial charge in [0.2, 0.25) is 0 Å². The van der Waals surface area contributed by atoms with Crippen molar-refractivity contribution < 1.29 is 18.7 Å². The molecule has 3 heterocycles. The second-order valence-corrected chi connectivity index (χ2v) is 7.02. The molecular formula is C19H27N3O5. The number of nitrogens with zero attached hydrogens (tertiary/aromatic N) is 2. The number of piperazine rings is 1. The molecule has 2 fully saturated rings. The van der Waals surface area contributed by atoms with Gasteiger partial charge in [-0.1, -0.05) is 0 Å². The standard InChI is InChI=1S/C19H27N3O5/c1-3-26-19(25)22-9-7-21(8-10-22)17(23)16-13(2)11-15(27-18(16)24)14-5-4-6-20-12-14/h11,14,20H,3-10,12H2,1-2H3. The number of carbonyl (C=O) groups is 2. The summed E-state index contributed by atoms with van der Waals surface area (Å²) in [6.07, 6.45) is 1.64. The van der Waals surface area contributed by atoms with E-state index < -0.39 is 5.63 Å². The topological polar surface area (TPSA) is 92.1 Å². The summed E-state index contributed by atoms with van der Waals surface area (Å²) < 4.78 is 10.5. The van der Waals surface area contributed by atoms with Crippen LogP contribution in [-0.4, -0.2) is 67.7 Å². The van der Waals surface area contributed by atoms with Gasteiger partial charge in [-0.25, -0.2) is 9.59 Å². The maximum absolute atomic E-state index is 12.9. The molecule has 0 bridgehead atoms. The molecule has 0 aromatic carbocycles. The number of ether oxygens (including phenoxy) is 1. The van der Waals surface area contributed by atoms with Gasteiger partial charge in [0.15, 0.2) is 0 Å². The van der Waals surface area contributed by atoms with E-state index in [-0.39, 0.29) is 23.5 Å². The van der Waals surface area contributed by atoms with Crippen LogP contribution in [0.4, 0.5) is 4.79 Å². The highest BCUT2D eigenvalue weighted by atomic mass is 16.6. The Morgan fingerprint density at radius 3 is 2.56 bits per heavy atom. The van der Waals surface area contributed by atoms with Crippen molar-refractivity contribution in [2.75, 3.05) is 45.9 Å². The zero-order chi connectivity index (χ0) is 19.4. The van der Waals surface area contributed by atoms with Crippen LogP contribution >= 0.6 is 0 Å². The van der Waals surface area contributed by atoms with E-state index in [1.165, 1.54) is 0 Å². The molecule has 148 valence electrons. The molecule has 1 N–H and O–H groups in total. The van der Waals surface area contributed by atoms with Gasteiger partial charge in [0, 0.05) is 38.6 Å². The van der Waals surface area contributed by atoms with Gasteiger partial charge < -0.3 is 24.3 Å². The van der Waals surface area contributed by atoms with Crippen LogP contribution in [0.3, 0.4) is 0 Å². The van der Waals surface area contributed by atoms with Gasteiger partial charge in [-0.15, -0.1) is 0 Å². The maximum atomic E-state index is 12.9. The summed E-state index contributed by atoms with van der Waals surface area (Å²) in [6, 6.07) is 1.82. The van der Waals surface area contributed by atoms with Crippen LogP contribution in [0.1, 0.15) is 47.4 Å². The van der Waals surface area contributed by atoms with E-state index in [9.17, 15) is 14.4 Å². The van der Waals surface area contributed by atoms with Crippen LogP contribution in [0.15, 0.2) is 15.3 Å². The molecule has 1 aromatic heterocycles. The highest BCUT2D eigenvalue weighted by Gasteiger charge is 2.29. The summed E-state index contributed by atoms with van der Waals surface area (Å²) in [7, 11) is 0. The lowest BCUT2D eigenvalue weighted by Crippen LogP contribution is -2.51. The molecule has 2 amide bonds. The first-order valence-electron chi connectivity index (χ1n) is 9.57. The average molecular weight is 377 g/mol. The molecule has 0 saturated carbocycles. The molecule has 2 aliphatic heterocycles. The minimum absolute atomic E-state index is 0.0899. The first-order valence-corrected chi connectivity index (χ1v) is 9.57. The Labute approximate surface area is 158 Å². The lowest BCUT2D eigenvalue weighted by molar-refractivity contribution is 0.0565. The molecule has 1 unspecified atom stereocenters. The summed E-state index contributed by atoms with van der Waals surface area (Å²) in [5, 5.41) is 3.30. The predicted molar refractivity (Wildman–Crippen MR) is 99.1 cm³/mol. The summed E-state index contributed by atoms with van der Waals surface area (Å²) in [4.78, 5) is 40.3. The first kappa shape index (κ1) is 19.4. The largest absolute Gasteiger partial charge is 0.450 e. The number of aryl methyl sites for hydroxylation is 1. The molecule has 0 radical (unpaired) electrons. The lowest BCUT2D eigenvalue weighted by Gasteiger charge is -2.34. The molecule has 8 heteroatoms. The highest BCUT2D eigenvalue weighted by Crippen LogP contribution is 2.24. The van der Waals surface area contributed by atoms with Crippen LogP contribution in [0.25, 0.3) is 0 Å². The predicted octanol–water partition coefficient (Wildman–Crippen LogP) is 1.33. The zero-order valence-electron chi connectivity index (χ0n) is 16.0. The van der Waals surface area contributed by atoms with E-state index in [0.29, 0.717) is 44.1 Å². The van der Waals surface area contributed by atoms with Crippen LogP contribution in [-0.2, 0) is 4.74 Å². The molecular weight excluding hydrogens is 350 g/mol. The number of amides is 2. The van der Waals surface area contributed by atoms with Crippen molar-refractivity contribution in [2.45, 2.75) is 32.6 Å². The molecule has 2 saturated heterocycles. The monoisotopic (exact) mass is 377 g/mol. The summed E-state index contributed by atoms with van der Waals surface area (Å²) in [6.45, 7) is 7.13. The second kappa shape index (κ2) is 8.56. The van der Waals surface area contributed by atoms with Crippen molar-refractivity contribution in [3.63, 3.8) is 0 Å². The fourth-order valence-corrected chi connectivity index (χ4v) is 3.65. The van der Waals surface area contributed by atoms with E-state index in [1.807, 2.05) is 6.07 Å². The number of carbonyl (C=O) groups excluding carboxylic acids is 2. The third kappa shape index (κ3) is 4.32. The third-order valence-electron chi connectivity index (χ3n) is 5.17. The quantitative estimate of drug-likeness (QED) is 0.854. The van der Waals surface area contributed by atoms with Gasteiger partial charge in [0.25, 0.3) is 5.91 Å². The Hall–Kier alpha value is -2.35. The normalized spacial score (nSPS) is 20.4. The van der Waals surface area contributed by atoms with Gasteiger partial charge in [-0.05, 0) is 44.9 Å². The van der Waals surface area contributed by atoms with Crippen LogP contribution in [0, 0.1) is 6.92 Å². The average Bonchev–Trinajstić information content (AvgIpc) is 2.68. The number of nitrogens with one attached hydrogen (secondary N) is 1. The third-order valence-corrected chi connectivity index (χ3v) is 5.17. The van der Waals surface area contributed by atoms with Crippen LogP contribution in [0.2, 0.25) is 0 Å². The Kier molecular flexibility index (Phi) is 6.15. The van der Waals surface area contributed by atoms with E-state index in [0.717, 1.165) is 25.9 Å². The van der Waals surface area contributed by atoms with Crippen molar-refractivity contribution in [3.8, 4) is 0 Å². The number of hydrogen-bond donors (Lipinski definition) is 1. The Morgan fingerprint density at radius 1 is 1.26 bits per heavy atom. The van der Waals surface area contributed by atoms with Gasteiger partial charge in [0.05, 0.1) is 6.61 Å². The first-order chi connectivity index (χ1) is 13.0. The van der Waals surface area contributed by atoms with Gasteiger partial charge in [-0.3, -0.25) is 4.79 Å². The Morgan fingerprint density at radius 2 is 1.96 bits per heavy atom. The Bertz CT molecular complexity index is 746. The number of hydrogen-bond acceptors (Lipinski definition) is 6. The summed E-state index contributed by atoms with van der Waals surface area (Å²) >= 11 is 0. The Balaban J connectivity index is 1.70. The minimum Gasteiger partial charge on any atom is -0.450 e. The number of rotatable bonds is 3. The molecule has 27 heavy (non-hydrogen) atoms. The molecule has 0 spiro atoms. The van der Waals surface area contributed by atoms with Crippen molar-refractivity contribution in [1.82, 2.24) is 15.1 Å². The molecule has 3 rings (SSSR count). The van der Waals surface area contributed by atoms with Gasteiger partial charge >= 0.3 is 11.7 Å². The SMILES string of the molecule is CCOC(=O)N1CCN(C(=O)c2c(C)cc(C3CCCNC3)oc2=O)CC1. The summed E-state index contributed by atoms with van der Waals surface area (Å²) in [5.41, 5.74) is 0.158. The smallest absolute Gasteiger partial charge is 0.409 e. The van der Waals surface area contributed by atoms with Gasteiger partial charge in [-0.2, -0.15) is 0 Å². The molecule has 1 atom stereocenters. The van der Waals surface area contributed by atoms with Crippen LogP contribution < -0.4 is 10.9 Å². The molecule has 2 aliphatic rings. The van der Waals surface area contributed by atoms with Crippen LogP contribution in [0.5, 0.6) is 0 Å². The molecule has 8 nitrogen and oxygen atoms in total. The van der Waals surface area contributed by atoms with E-state index in [2.05, 4.69) is 5.32 Å². The van der Waals surface area contributed by atoms with E-state index in [4.69, 9.17) is 9.15 Å². The van der Waals surface area contributed by atoms with E-state index in [1.54, 1.807) is 23.6 Å². The van der Waals surface area contributed by atoms with E-state index >= 15 is 0 Å². The zero-order valence-corrected chi connectivity index (χ0v) is 16.0.